The van der Waals surface area contributed by atoms with Crippen LogP contribution in [0.3, 0.4) is 0 Å². The lowest BCUT2D eigenvalue weighted by Gasteiger charge is -2.60. The molecule has 3 rings (SSSR count). The van der Waals surface area contributed by atoms with E-state index >= 15 is 0 Å². The molecule has 8 nitrogen and oxygen atoms in total. The van der Waals surface area contributed by atoms with Crippen LogP contribution in [0.2, 0.25) is 0 Å². The van der Waals surface area contributed by atoms with Gasteiger partial charge in [0.1, 0.15) is 11.5 Å². The van der Waals surface area contributed by atoms with Crippen molar-refractivity contribution in [2.24, 2.45) is 22.7 Å². The molecule has 1 saturated heterocycles. The Balaban J connectivity index is 2.07. The zero-order valence-corrected chi connectivity index (χ0v) is 25.8. The molecular formula is C34H48O8. The fourth-order valence-corrected chi connectivity index (χ4v) is 7.06. The minimum atomic E-state index is -1.20. The molecule has 2 aliphatic carbocycles. The molecule has 2 fully saturated rings. The molecule has 4 unspecified atom stereocenters. The summed E-state index contributed by atoms with van der Waals surface area (Å²) in [4.78, 5) is 37.7. The molecule has 0 aromatic carbocycles. The Morgan fingerprint density at radius 3 is 2.48 bits per heavy atom. The maximum atomic E-state index is 13.2. The van der Waals surface area contributed by atoms with Gasteiger partial charge in [-0.3, -0.25) is 14.3 Å². The van der Waals surface area contributed by atoms with Crippen molar-refractivity contribution in [3.8, 4) is 0 Å². The second-order valence-electron chi connectivity index (χ2n) is 12.1. The summed E-state index contributed by atoms with van der Waals surface area (Å²) < 4.78 is 23.7. The molecule has 8 atom stereocenters. The van der Waals surface area contributed by atoms with E-state index in [0.29, 0.717) is 31.3 Å². The van der Waals surface area contributed by atoms with E-state index in [9.17, 15) is 19.5 Å². The van der Waals surface area contributed by atoms with E-state index in [-0.39, 0.29) is 11.8 Å². The van der Waals surface area contributed by atoms with E-state index in [1.165, 1.54) is 19.9 Å². The van der Waals surface area contributed by atoms with Crippen LogP contribution in [-0.4, -0.2) is 47.8 Å². The van der Waals surface area contributed by atoms with Gasteiger partial charge in [0.2, 0.25) is 12.6 Å². The highest BCUT2D eigenvalue weighted by molar-refractivity contribution is 5.82. The van der Waals surface area contributed by atoms with Gasteiger partial charge in [-0.1, -0.05) is 76.6 Å². The highest BCUT2D eigenvalue weighted by atomic mass is 16.8. The van der Waals surface area contributed by atoms with E-state index in [0.717, 1.165) is 31.3 Å². The minimum absolute atomic E-state index is 0.0447. The molecule has 1 saturated carbocycles. The van der Waals surface area contributed by atoms with Crippen molar-refractivity contribution >= 4 is 17.9 Å². The fourth-order valence-electron chi connectivity index (χ4n) is 7.06. The van der Waals surface area contributed by atoms with Crippen LogP contribution in [0.25, 0.3) is 0 Å². The monoisotopic (exact) mass is 584 g/mol. The number of aliphatic hydroxyl groups is 1. The van der Waals surface area contributed by atoms with Crippen LogP contribution in [0, 0.1) is 22.7 Å². The van der Waals surface area contributed by atoms with Gasteiger partial charge in [0.05, 0.1) is 6.10 Å². The highest BCUT2D eigenvalue weighted by Gasteiger charge is 2.72. The van der Waals surface area contributed by atoms with Gasteiger partial charge in [-0.2, -0.15) is 0 Å². The lowest BCUT2D eigenvalue weighted by Crippen LogP contribution is -2.63. The summed E-state index contributed by atoms with van der Waals surface area (Å²) in [6, 6.07) is 0. The van der Waals surface area contributed by atoms with Crippen LogP contribution >= 0.6 is 0 Å². The second kappa shape index (κ2) is 14.5. The number of hydrogen-bond donors (Lipinski definition) is 1. The molecule has 1 heterocycles. The first-order valence-corrected chi connectivity index (χ1v) is 15.1. The molecule has 42 heavy (non-hydrogen) atoms. The van der Waals surface area contributed by atoms with Crippen molar-refractivity contribution in [2.75, 3.05) is 0 Å². The van der Waals surface area contributed by atoms with Crippen LogP contribution in [0.15, 0.2) is 60.8 Å². The van der Waals surface area contributed by atoms with Crippen LogP contribution in [0.4, 0.5) is 0 Å². The normalized spacial score (nSPS) is 33.9. The smallest absolute Gasteiger partial charge is 0.331 e. The third kappa shape index (κ3) is 7.14. The SMILES string of the molecule is C=CC(=C)CC[C@@]1(C)[C@@H]2CC(O)C=C3C(OC(C)=O)OC(OC(C)=O)[C@@]32C(OC(=O)/C=C\C=C\CCCCC)C[C@@H]1C. The summed E-state index contributed by atoms with van der Waals surface area (Å²) in [5.74, 6) is -2.02. The third-order valence-corrected chi connectivity index (χ3v) is 9.37. The van der Waals surface area contributed by atoms with Gasteiger partial charge in [0, 0.05) is 25.5 Å². The number of esters is 3. The van der Waals surface area contributed by atoms with E-state index in [2.05, 4.69) is 33.9 Å². The Bertz CT molecular complexity index is 1120. The van der Waals surface area contributed by atoms with Crippen molar-refractivity contribution < 1.29 is 38.4 Å². The number of unbranched alkanes of at least 4 members (excludes halogenated alkanes) is 3. The molecule has 1 spiro atoms. The number of hydrogen-bond acceptors (Lipinski definition) is 8. The van der Waals surface area contributed by atoms with Gasteiger partial charge in [0.25, 0.3) is 0 Å². The lowest BCUT2D eigenvalue weighted by atomic mass is 9.45. The van der Waals surface area contributed by atoms with Crippen LogP contribution in [-0.2, 0) is 33.3 Å². The minimum Gasteiger partial charge on any atom is -0.458 e. The maximum Gasteiger partial charge on any atom is 0.331 e. The summed E-state index contributed by atoms with van der Waals surface area (Å²) in [6.07, 6.45) is 12.7. The third-order valence-electron chi connectivity index (χ3n) is 9.37. The molecule has 0 aromatic heterocycles. The van der Waals surface area contributed by atoms with E-state index in [1.54, 1.807) is 18.2 Å². The Labute approximate surface area is 250 Å². The highest BCUT2D eigenvalue weighted by Crippen LogP contribution is 2.67. The zero-order valence-electron chi connectivity index (χ0n) is 25.8. The van der Waals surface area contributed by atoms with Gasteiger partial charge in [-0.15, -0.1) is 0 Å². The number of aliphatic hydroxyl groups excluding tert-OH is 1. The maximum absolute atomic E-state index is 13.2. The Kier molecular flexibility index (Phi) is 11.6. The first-order valence-electron chi connectivity index (χ1n) is 15.1. The van der Waals surface area contributed by atoms with Gasteiger partial charge in [-0.25, -0.2) is 4.79 Å². The summed E-state index contributed by atoms with van der Waals surface area (Å²) in [6.45, 7) is 16.9. The molecule has 0 radical (unpaired) electrons. The van der Waals surface area contributed by atoms with Gasteiger partial charge < -0.3 is 19.3 Å². The predicted molar refractivity (Wildman–Crippen MR) is 160 cm³/mol. The largest absolute Gasteiger partial charge is 0.458 e. The Hall–Kier alpha value is -2.97. The van der Waals surface area contributed by atoms with Gasteiger partial charge in [0.15, 0.2) is 0 Å². The van der Waals surface area contributed by atoms with Gasteiger partial charge in [-0.05, 0) is 61.9 Å². The summed E-state index contributed by atoms with van der Waals surface area (Å²) >= 11 is 0. The predicted octanol–water partition coefficient (Wildman–Crippen LogP) is 6.26. The number of ether oxygens (including phenoxy) is 4. The fraction of sp³-hybridized carbons (Fsp3) is 0.618. The summed E-state index contributed by atoms with van der Waals surface area (Å²) in [7, 11) is 0. The standard InChI is InChI=1S/C34H48O8/c1-8-10-11-12-13-14-15-16-30(38)41-29-19-23(4)33(7,18-17-22(3)9-2)28-21-26(37)20-27-31(39-24(5)35)42-32(34(27,28)29)40-25(6)36/h9,13-16,20,23,26,28-29,31-32,37H,2-3,8,10-12,17-19,21H2,1,4-7H3/b14-13+,16-15-/t23-,26?,28-,29?,31?,32?,33+,34-/m0/s1. The number of allylic oxidation sites excluding steroid dienone is 5. The lowest BCUT2D eigenvalue weighted by molar-refractivity contribution is -0.257. The average Bonchev–Trinajstić information content (AvgIpc) is 3.21. The quantitative estimate of drug-likeness (QED) is 0.0675. The second-order valence-corrected chi connectivity index (χ2v) is 12.1. The summed E-state index contributed by atoms with van der Waals surface area (Å²) in [5, 5.41) is 11.1. The molecule has 0 amide bonds. The molecular weight excluding hydrogens is 536 g/mol. The zero-order chi connectivity index (χ0) is 31.1. The Morgan fingerprint density at radius 1 is 1.12 bits per heavy atom. The molecule has 0 aromatic rings. The molecule has 1 aliphatic heterocycles. The first-order chi connectivity index (χ1) is 19.9. The first kappa shape index (κ1) is 33.5. The molecule has 8 heteroatoms. The van der Waals surface area contributed by atoms with Crippen LogP contribution in [0.5, 0.6) is 0 Å². The van der Waals surface area contributed by atoms with Gasteiger partial charge >= 0.3 is 17.9 Å². The van der Waals surface area contributed by atoms with Crippen molar-refractivity contribution in [3.05, 3.63) is 60.8 Å². The van der Waals surface area contributed by atoms with Crippen molar-refractivity contribution in [2.45, 2.75) is 111 Å². The van der Waals surface area contributed by atoms with Crippen molar-refractivity contribution in [1.29, 1.82) is 0 Å². The molecule has 3 aliphatic rings. The van der Waals surface area contributed by atoms with Crippen LogP contribution < -0.4 is 0 Å². The number of rotatable bonds is 13. The molecule has 0 bridgehead atoms. The molecule has 1 N–H and O–H groups in total. The molecule has 232 valence electrons. The van der Waals surface area contributed by atoms with E-state index in [4.69, 9.17) is 18.9 Å². The van der Waals surface area contributed by atoms with E-state index < -0.39 is 53.5 Å². The number of carbonyl (C=O) groups is 3. The topological polar surface area (TPSA) is 108 Å². The summed E-state index contributed by atoms with van der Waals surface area (Å²) in [5.41, 5.74) is -0.241. The number of carbonyl (C=O) groups excluding carboxylic acids is 3. The average molecular weight is 585 g/mol. The van der Waals surface area contributed by atoms with Crippen LogP contribution in [0.1, 0.15) is 86.0 Å². The van der Waals surface area contributed by atoms with Crippen molar-refractivity contribution in [3.63, 3.8) is 0 Å². The Morgan fingerprint density at radius 2 is 1.83 bits per heavy atom. The van der Waals surface area contributed by atoms with Crippen molar-refractivity contribution in [1.82, 2.24) is 0 Å². The van der Waals surface area contributed by atoms with E-state index in [1.807, 2.05) is 12.2 Å².